The third-order valence-electron chi connectivity index (χ3n) is 3.28. The van der Waals surface area contributed by atoms with Crippen molar-refractivity contribution in [3.8, 4) is 0 Å². The standard InChI is InChI=1S/C15H15ClN2O4S/c1-11-5-6-14(10-15(11)18(19)20)23(21,22)17-8-7-12-3-2-4-13(16)9-12/h2-6,9-10,17H,7-8H2,1H3. The van der Waals surface area contributed by atoms with Gasteiger partial charge in [-0.3, -0.25) is 10.1 Å². The first-order valence-electron chi connectivity index (χ1n) is 6.79. The molecule has 0 fully saturated rings. The topological polar surface area (TPSA) is 89.3 Å². The van der Waals surface area contributed by atoms with E-state index >= 15 is 0 Å². The number of benzene rings is 2. The van der Waals surface area contributed by atoms with Gasteiger partial charge in [0.2, 0.25) is 10.0 Å². The van der Waals surface area contributed by atoms with Crippen LogP contribution >= 0.6 is 11.6 Å². The number of hydrogen-bond acceptors (Lipinski definition) is 4. The number of nitrogens with zero attached hydrogens (tertiary/aromatic N) is 1. The Hall–Kier alpha value is -1.96. The molecule has 2 aromatic rings. The lowest BCUT2D eigenvalue weighted by atomic mass is 10.2. The Labute approximate surface area is 139 Å². The highest BCUT2D eigenvalue weighted by atomic mass is 35.5. The molecule has 0 aromatic heterocycles. The SMILES string of the molecule is Cc1ccc(S(=O)(=O)NCCc2cccc(Cl)c2)cc1[N+](=O)[O-]. The molecule has 0 radical (unpaired) electrons. The van der Waals surface area contributed by atoms with Gasteiger partial charge in [0.05, 0.1) is 9.82 Å². The number of nitro benzene ring substituents is 1. The van der Waals surface area contributed by atoms with Crippen molar-refractivity contribution in [2.45, 2.75) is 18.2 Å². The lowest BCUT2D eigenvalue weighted by Crippen LogP contribution is -2.26. The Kier molecular flexibility index (Phi) is 5.35. The second kappa shape index (κ2) is 7.08. The third-order valence-corrected chi connectivity index (χ3v) is 4.98. The van der Waals surface area contributed by atoms with Crippen molar-refractivity contribution in [3.05, 3.63) is 68.7 Å². The molecule has 122 valence electrons. The molecule has 2 rings (SSSR count). The van der Waals surface area contributed by atoms with Crippen molar-refractivity contribution in [1.29, 1.82) is 0 Å². The van der Waals surface area contributed by atoms with Gasteiger partial charge in [-0.1, -0.05) is 29.8 Å². The summed E-state index contributed by atoms with van der Waals surface area (Å²) in [7, 11) is -3.80. The van der Waals surface area contributed by atoms with Gasteiger partial charge in [0.25, 0.3) is 5.69 Å². The van der Waals surface area contributed by atoms with Crippen LogP contribution in [0.2, 0.25) is 5.02 Å². The minimum Gasteiger partial charge on any atom is -0.258 e. The number of aryl methyl sites for hydroxylation is 1. The summed E-state index contributed by atoms with van der Waals surface area (Å²) in [5.74, 6) is 0. The normalized spacial score (nSPS) is 11.4. The van der Waals surface area contributed by atoms with Crippen molar-refractivity contribution >= 4 is 27.3 Å². The maximum Gasteiger partial charge on any atom is 0.273 e. The van der Waals surface area contributed by atoms with Crippen LogP contribution in [0.4, 0.5) is 5.69 Å². The molecular formula is C15H15ClN2O4S. The fourth-order valence-corrected chi connectivity index (χ4v) is 3.32. The first-order valence-corrected chi connectivity index (χ1v) is 8.65. The van der Waals surface area contributed by atoms with Crippen molar-refractivity contribution in [2.75, 3.05) is 6.54 Å². The Morgan fingerprint density at radius 3 is 2.61 bits per heavy atom. The number of sulfonamides is 1. The number of rotatable bonds is 6. The van der Waals surface area contributed by atoms with Crippen LogP contribution in [-0.4, -0.2) is 19.9 Å². The molecule has 6 nitrogen and oxygen atoms in total. The molecule has 23 heavy (non-hydrogen) atoms. The molecule has 0 saturated carbocycles. The lowest BCUT2D eigenvalue weighted by Gasteiger charge is -2.08. The maximum atomic E-state index is 12.2. The first kappa shape index (κ1) is 17.4. The Balaban J connectivity index is 2.10. The van der Waals surface area contributed by atoms with E-state index in [0.29, 0.717) is 17.0 Å². The minimum atomic E-state index is -3.80. The fraction of sp³-hybridized carbons (Fsp3) is 0.200. The fourth-order valence-electron chi connectivity index (χ4n) is 2.06. The smallest absolute Gasteiger partial charge is 0.258 e. The van der Waals surface area contributed by atoms with Crippen molar-refractivity contribution in [1.82, 2.24) is 4.72 Å². The predicted molar refractivity (Wildman–Crippen MR) is 88.2 cm³/mol. The molecule has 0 atom stereocenters. The summed E-state index contributed by atoms with van der Waals surface area (Å²) < 4.78 is 26.9. The largest absolute Gasteiger partial charge is 0.273 e. The molecule has 0 saturated heterocycles. The second-order valence-corrected chi connectivity index (χ2v) is 7.19. The van der Waals surface area contributed by atoms with Crippen LogP contribution in [-0.2, 0) is 16.4 Å². The molecule has 0 aliphatic rings. The van der Waals surface area contributed by atoms with Crippen LogP contribution in [0, 0.1) is 17.0 Å². The molecule has 0 aliphatic heterocycles. The van der Waals surface area contributed by atoms with Gasteiger partial charge >= 0.3 is 0 Å². The zero-order valence-corrected chi connectivity index (χ0v) is 13.9. The van der Waals surface area contributed by atoms with E-state index in [4.69, 9.17) is 11.6 Å². The van der Waals surface area contributed by atoms with Gasteiger partial charge in [0.15, 0.2) is 0 Å². The van der Waals surface area contributed by atoms with Gasteiger partial charge in [0, 0.05) is 23.2 Å². The van der Waals surface area contributed by atoms with E-state index in [1.165, 1.54) is 12.1 Å². The van der Waals surface area contributed by atoms with Gasteiger partial charge in [-0.15, -0.1) is 0 Å². The van der Waals surface area contributed by atoms with Gasteiger partial charge in [-0.05, 0) is 37.1 Å². The average molecular weight is 355 g/mol. The predicted octanol–water partition coefficient (Wildman–Crippen LogP) is 3.08. The molecule has 1 N–H and O–H groups in total. The van der Waals surface area contributed by atoms with Crippen LogP contribution in [0.25, 0.3) is 0 Å². The van der Waals surface area contributed by atoms with Gasteiger partial charge in [0.1, 0.15) is 0 Å². The van der Waals surface area contributed by atoms with Crippen LogP contribution in [0.1, 0.15) is 11.1 Å². The van der Waals surface area contributed by atoms with Crippen molar-refractivity contribution in [2.24, 2.45) is 0 Å². The Morgan fingerprint density at radius 1 is 1.22 bits per heavy atom. The molecule has 0 bridgehead atoms. The third kappa shape index (κ3) is 4.51. The zero-order chi connectivity index (χ0) is 17.0. The molecule has 0 spiro atoms. The lowest BCUT2D eigenvalue weighted by molar-refractivity contribution is -0.385. The molecule has 0 amide bonds. The summed E-state index contributed by atoms with van der Waals surface area (Å²) in [4.78, 5) is 10.2. The van der Waals surface area contributed by atoms with Crippen LogP contribution in [0.15, 0.2) is 47.4 Å². The van der Waals surface area contributed by atoms with Gasteiger partial charge in [-0.2, -0.15) is 0 Å². The summed E-state index contributed by atoms with van der Waals surface area (Å²) in [6.45, 7) is 1.73. The van der Waals surface area contributed by atoms with E-state index in [2.05, 4.69) is 4.72 Å². The molecule has 0 aliphatic carbocycles. The summed E-state index contributed by atoms with van der Waals surface area (Å²) in [5, 5.41) is 11.5. The monoisotopic (exact) mass is 354 g/mol. The molecule has 8 heteroatoms. The van der Waals surface area contributed by atoms with E-state index < -0.39 is 14.9 Å². The summed E-state index contributed by atoms with van der Waals surface area (Å²) in [5.41, 5.74) is 1.09. The first-order chi connectivity index (χ1) is 10.8. The number of hydrogen-bond donors (Lipinski definition) is 1. The summed E-state index contributed by atoms with van der Waals surface area (Å²) in [6, 6.07) is 11.0. The maximum absolute atomic E-state index is 12.2. The van der Waals surface area contributed by atoms with Gasteiger partial charge in [-0.25, -0.2) is 13.1 Å². The molecule has 0 unspecified atom stereocenters. The highest BCUT2D eigenvalue weighted by Crippen LogP contribution is 2.22. The van der Waals surface area contributed by atoms with Crippen LogP contribution in [0.5, 0.6) is 0 Å². The van der Waals surface area contributed by atoms with E-state index in [-0.39, 0.29) is 17.1 Å². The second-order valence-electron chi connectivity index (χ2n) is 4.98. The quantitative estimate of drug-likeness (QED) is 0.637. The summed E-state index contributed by atoms with van der Waals surface area (Å²) >= 11 is 5.87. The van der Waals surface area contributed by atoms with Crippen LogP contribution in [0.3, 0.4) is 0 Å². The average Bonchev–Trinajstić information content (AvgIpc) is 2.47. The van der Waals surface area contributed by atoms with E-state index in [1.54, 1.807) is 25.1 Å². The highest BCUT2D eigenvalue weighted by Gasteiger charge is 2.19. The number of nitrogens with one attached hydrogen (secondary N) is 1. The van der Waals surface area contributed by atoms with Gasteiger partial charge < -0.3 is 0 Å². The van der Waals surface area contributed by atoms with E-state index in [1.807, 2.05) is 6.07 Å². The highest BCUT2D eigenvalue weighted by molar-refractivity contribution is 7.89. The number of halogens is 1. The zero-order valence-electron chi connectivity index (χ0n) is 12.3. The minimum absolute atomic E-state index is 0.124. The van der Waals surface area contributed by atoms with Crippen LogP contribution < -0.4 is 4.72 Å². The number of nitro groups is 1. The van der Waals surface area contributed by atoms with E-state index in [0.717, 1.165) is 11.6 Å². The summed E-state index contributed by atoms with van der Waals surface area (Å²) in [6.07, 6.45) is 0.466. The van der Waals surface area contributed by atoms with Crippen molar-refractivity contribution < 1.29 is 13.3 Å². The Morgan fingerprint density at radius 2 is 1.96 bits per heavy atom. The van der Waals surface area contributed by atoms with E-state index in [9.17, 15) is 18.5 Å². The molecule has 0 heterocycles. The Bertz CT molecular complexity index is 837. The molecular weight excluding hydrogens is 340 g/mol. The molecule has 2 aromatic carbocycles. The van der Waals surface area contributed by atoms with Crippen molar-refractivity contribution in [3.63, 3.8) is 0 Å².